The predicted molar refractivity (Wildman–Crippen MR) is 69.1 cm³/mol. The number of rotatable bonds is 6. The Kier molecular flexibility index (Phi) is 6.09. The van der Waals surface area contributed by atoms with Crippen molar-refractivity contribution < 1.29 is 22.6 Å². The SMILES string of the molecule is CNC(C)c1cc(Br)ccc1OCCOC(F)(F)F. The molecule has 7 heteroatoms. The molecule has 1 N–H and O–H groups in total. The van der Waals surface area contributed by atoms with Crippen molar-refractivity contribution in [3.05, 3.63) is 28.2 Å². The normalized spacial score (nSPS) is 13.4. The molecular formula is C12H15BrF3NO2. The Morgan fingerprint density at radius 1 is 1.32 bits per heavy atom. The quantitative estimate of drug-likeness (QED) is 0.801. The highest BCUT2D eigenvalue weighted by Gasteiger charge is 2.28. The standard InChI is InChI=1S/C12H15BrF3NO2/c1-8(17-2)10-7-9(13)3-4-11(10)18-5-6-19-12(14,15)16/h3-4,7-8,17H,5-6H2,1-2H3. The largest absolute Gasteiger partial charge is 0.522 e. The molecule has 0 aromatic heterocycles. The molecule has 0 fully saturated rings. The van der Waals surface area contributed by atoms with Gasteiger partial charge in [0.25, 0.3) is 0 Å². The molecule has 1 aromatic carbocycles. The number of ether oxygens (including phenoxy) is 2. The minimum atomic E-state index is -4.62. The third-order valence-electron chi connectivity index (χ3n) is 2.48. The van der Waals surface area contributed by atoms with E-state index in [1.54, 1.807) is 19.2 Å². The number of benzene rings is 1. The van der Waals surface area contributed by atoms with E-state index < -0.39 is 13.0 Å². The van der Waals surface area contributed by atoms with Crippen LogP contribution in [-0.4, -0.2) is 26.6 Å². The van der Waals surface area contributed by atoms with E-state index in [4.69, 9.17) is 4.74 Å². The van der Waals surface area contributed by atoms with Gasteiger partial charge < -0.3 is 10.1 Å². The van der Waals surface area contributed by atoms with Gasteiger partial charge in [-0.1, -0.05) is 15.9 Å². The summed E-state index contributed by atoms with van der Waals surface area (Å²) in [5.74, 6) is 0.538. The van der Waals surface area contributed by atoms with Crippen LogP contribution in [0, 0.1) is 0 Å². The number of hydrogen-bond donors (Lipinski definition) is 1. The zero-order chi connectivity index (χ0) is 14.5. The van der Waals surface area contributed by atoms with Crippen LogP contribution in [0.2, 0.25) is 0 Å². The Bertz CT molecular complexity index is 412. The molecule has 1 atom stereocenters. The van der Waals surface area contributed by atoms with Crippen molar-refractivity contribution in [3.63, 3.8) is 0 Å². The smallest absolute Gasteiger partial charge is 0.491 e. The fraction of sp³-hybridized carbons (Fsp3) is 0.500. The summed E-state index contributed by atoms with van der Waals surface area (Å²) in [6.45, 7) is 1.23. The molecule has 0 aliphatic rings. The van der Waals surface area contributed by atoms with E-state index in [9.17, 15) is 13.2 Å². The first-order chi connectivity index (χ1) is 8.83. The van der Waals surface area contributed by atoms with Crippen molar-refractivity contribution in [1.29, 1.82) is 0 Å². The number of nitrogens with one attached hydrogen (secondary N) is 1. The van der Waals surface area contributed by atoms with E-state index in [1.165, 1.54) is 0 Å². The summed E-state index contributed by atoms with van der Waals surface area (Å²) in [4.78, 5) is 0. The summed E-state index contributed by atoms with van der Waals surface area (Å²) < 4.78 is 45.3. The second-order valence-electron chi connectivity index (χ2n) is 3.84. The maximum atomic E-state index is 11.8. The Balaban J connectivity index is 2.62. The molecule has 3 nitrogen and oxygen atoms in total. The monoisotopic (exact) mass is 341 g/mol. The van der Waals surface area contributed by atoms with Crippen molar-refractivity contribution in [2.24, 2.45) is 0 Å². The predicted octanol–water partition coefficient (Wildman–Crippen LogP) is 3.64. The lowest BCUT2D eigenvalue weighted by molar-refractivity contribution is -0.325. The molecule has 0 radical (unpaired) electrons. The summed E-state index contributed by atoms with van der Waals surface area (Å²) >= 11 is 3.34. The van der Waals surface area contributed by atoms with E-state index in [2.05, 4.69) is 26.0 Å². The van der Waals surface area contributed by atoms with Crippen LogP contribution >= 0.6 is 15.9 Å². The molecule has 1 rings (SSSR count). The minimum Gasteiger partial charge on any atom is -0.491 e. The van der Waals surface area contributed by atoms with E-state index in [0.29, 0.717) is 5.75 Å². The van der Waals surface area contributed by atoms with Crippen molar-refractivity contribution in [3.8, 4) is 5.75 Å². The van der Waals surface area contributed by atoms with E-state index in [0.717, 1.165) is 10.0 Å². The number of alkyl halides is 3. The number of halogens is 4. The molecular weight excluding hydrogens is 327 g/mol. The van der Waals surface area contributed by atoms with Crippen LogP contribution in [0.15, 0.2) is 22.7 Å². The molecule has 108 valence electrons. The lowest BCUT2D eigenvalue weighted by Crippen LogP contribution is -2.19. The van der Waals surface area contributed by atoms with Crippen LogP contribution in [0.4, 0.5) is 13.2 Å². The highest BCUT2D eigenvalue weighted by molar-refractivity contribution is 9.10. The van der Waals surface area contributed by atoms with Gasteiger partial charge in [-0.2, -0.15) is 0 Å². The lowest BCUT2D eigenvalue weighted by Gasteiger charge is -2.17. The number of hydrogen-bond acceptors (Lipinski definition) is 3. The van der Waals surface area contributed by atoms with Crippen LogP contribution < -0.4 is 10.1 Å². The van der Waals surface area contributed by atoms with Crippen LogP contribution in [0.3, 0.4) is 0 Å². The van der Waals surface area contributed by atoms with Crippen molar-refractivity contribution in [1.82, 2.24) is 5.32 Å². The van der Waals surface area contributed by atoms with Gasteiger partial charge in [-0.05, 0) is 32.2 Å². The van der Waals surface area contributed by atoms with E-state index in [1.807, 2.05) is 13.0 Å². The first-order valence-electron chi connectivity index (χ1n) is 5.63. The van der Waals surface area contributed by atoms with Gasteiger partial charge in [0.2, 0.25) is 0 Å². The van der Waals surface area contributed by atoms with Crippen LogP contribution in [-0.2, 0) is 4.74 Å². The van der Waals surface area contributed by atoms with Gasteiger partial charge in [0.1, 0.15) is 12.4 Å². The van der Waals surface area contributed by atoms with Gasteiger partial charge in [-0.3, -0.25) is 4.74 Å². The fourth-order valence-electron chi connectivity index (χ4n) is 1.45. The van der Waals surface area contributed by atoms with E-state index >= 15 is 0 Å². The van der Waals surface area contributed by atoms with Gasteiger partial charge in [-0.25, -0.2) is 0 Å². The molecule has 0 saturated heterocycles. The third kappa shape index (κ3) is 5.80. The zero-order valence-corrected chi connectivity index (χ0v) is 12.1. The first-order valence-corrected chi connectivity index (χ1v) is 6.43. The summed E-state index contributed by atoms with van der Waals surface area (Å²) in [6.07, 6.45) is -4.62. The van der Waals surface area contributed by atoms with Crippen LogP contribution in [0.25, 0.3) is 0 Å². The van der Waals surface area contributed by atoms with Gasteiger partial charge in [-0.15, -0.1) is 13.2 Å². The highest BCUT2D eigenvalue weighted by Crippen LogP contribution is 2.28. The fourth-order valence-corrected chi connectivity index (χ4v) is 1.83. The van der Waals surface area contributed by atoms with Gasteiger partial charge in [0.05, 0.1) is 6.61 Å². The summed E-state index contributed by atoms with van der Waals surface area (Å²) in [5, 5.41) is 3.05. The Hall–Kier alpha value is -0.790. The molecule has 1 aromatic rings. The molecule has 0 aliphatic carbocycles. The van der Waals surface area contributed by atoms with Gasteiger partial charge in [0.15, 0.2) is 0 Å². The average Bonchev–Trinajstić information content (AvgIpc) is 2.33. The lowest BCUT2D eigenvalue weighted by atomic mass is 10.1. The first kappa shape index (κ1) is 16.3. The van der Waals surface area contributed by atoms with Gasteiger partial charge >= 0.3 is 6.36 Å². The van der Waals surface area contributed by atoms with Crippen LogP contribution in [0.5, 0.6) is 5.75 Å². The second-order valence-corrected chi connectivity index (χ2v) is 4.75. The molecule has 1 unspecified atom stereocenters. The maximum Gasteiger partial charge on any atom is 0.522 e. The van der Waals surface area contributed by atoms with E-state index in [-0.39, 0.29) is 12.6 Å². The topological polar surface area (TPSA) is 30.5 Å². The molecule has 0 saturated carbocycles. The Morgan fingerprint density at radius 3 is 2.58 bits per heavy atom. The molecule has 0 bridgehead atoms. The van der Waals surface area contributed by atoms with Crippen molar-refractivity contribution in [2.75, 3.05) is 20.3 Å². The average molecular weight is 342 g/mol. The highest BCUT2D eigenvalue weighted by atomic mass is 79.9. The minimum absolute atomic E-state index is 0.0241. The summed E-state index contributed by atoms with van der Waals surface area (Å²) in [7, 11) is 1.79. The molecule has 0 amide bonds. The second kappa shape index (κ2) is 7.12. The summed E-state index contributed by atoms with van der Waals surface area (Å²) in [6, 6.07) is 5.37. The van der Waals surface area contributed by atoms with Crippen LogP contribution in [0.1, 0.15) is 18.5 Å². The summed E-state index contributed by atoms with van der Waals surface area (Å²) in [5.41, 5.74) is 0.865. The Labute approximate surface area is 118 Å². The van der Waals surface area contributed by atoms with Crippen molar-refractivity contribution >= 4 is 15.9 Å². The maximum absolute atomic E-state index is 11.8. The van der Waals surface area contributed by atoms with Crippen molar-refractivity contribution in [2.45, 2.75) is 19.3 Å². The molecule has 0 spiro atoms. The third-order valence-corrected chi connectivity index (χ3v) is 2.97. The molecule has 0 heterocycles. The molecule has 0 aliphatic heterocycles. The Morgan fingerprint density at radius 2 is 2.00 bits per heavy atom. The van der Waals surface area contributed by atoms with Gasteiger partial charge in [0, 0.05) is 16.1 Å². The zero-order valence-electron chi connectivity index (χ0n) is 10.6. The molecule has 19 heavy (non-hydrogen) atoms.